The molecule has 3 N–H and O–H groups in total. The van der Waals surface area contributed by atoms with Gasteiger partial charge < -0.3 is 24.4 Å². The molecule has 0 saturated heterocycles. The summed E-state index contributed by atoms with van der Waals surface area (Å²) >= 11 is 0. The number of pyridine rings is 1. The van der Waals surface area contributed by atoms with Crippen LogP contribution in [0.4, 0.5) is 4.39 Å². The molecule has 0 amide bonds. The van der Waals surface area contributed by atoms with Gasteiger partial charge in [-0.1, -0.05) is 18.2 Å². The first-order valence-corrected chi connectivity index (χ1v) is 10.2. The van der Waals surface area contributed by atoms with Gasteiger partial charge in [0.25, 0.3) is 0 Å². The van der Waals surface area contributed by atoms with Crippen LogP contribution >= 0.6 is 0 Å². The van der Waals surface area contributed by atoms with Gasteiger partial charge in [0.15, 0.2) is 5.82 Å². The molecule has 0 atom stereocenters. The smallest absolute Gasteiger partial charge is 0.307 e. The molecule has 2 aromatic carbocycles. The van der Waals surface area contributed by atoms with Crippen LogP contribution in [0.1, 0.15) is 16.8 Å². The molecule has 0 bridgehead atoms. The predicted octanol–water partition coefficient (Wildman–Crippen LogP) is 5.04. The molecular weight excluding hydrogens is 427 g/mol. The summed E-state index contributed by atoms with van der Waals surface area (Å²) in [5, 5.41) is 10.6. The van der Waals surface area contributed by atoms with E-state index in [0.717, 1.165) is 10.9 Å². The van der Waals surface area contributed by atoms with Crippen molar-refractivity contribution >= 4 is 27.9 Å². The highest BCUT2D eigenvalue weighted by Crippen LogP contribution is 2.39. The van der Waals surface area contributed by atoms with E-state index < -0.39 is 11.8 Å². The van der Waals surface area contributed by atoms with Crippen LogP contribution in [0.15, 0.2) is 70.0 Å². The minimum absolute atomic E-state index is 0.0240. The third kappa shape index (κ3) is 3.70. The standard InChI is InChI=1S/C25H19FN2O5/c26-23-16(5-7-28-20(23)11-27)19-10-18-15(13-33-24(18)17-6-8-31-25(17)19)12-32-21-4-2-1-3-14(21)9-22(29)30/h1-8,10,13H,9,11-12,27H2,(H,29,30). The Hall–Kier alpha value is -4.17. The van der Waals surface area contributed by atoms with Gasteiger partial charge in [-0.15, -0.1) is 0 Å². The molecule has 0 spiro atoms. The number of hydrogen-bond donors (Lipinski definition) is 2. The maximum Gasteiger partial charge on any atom is 0.307 e. The summed E-state index contributed by atoms with van der Waals surface area (Å²) in [5.74, 6) is -0.962. The van der Waals surface area contributed by atoms with Crippen LogP contribution in [0.5, 0.6) is 5.75 Å². The minimum atomic E-state index is -0.942. The number of fused-ring (bicyclic) bond motifs is 3. The van der Waals surface area contributed by atoms with Crippen molar-refractivity contribution in [3.8, 4) is 16.9 Å². The van der Waals surface area contributed by atoms with Crippen molar-refractivity contribution in [2.75, 3.05) is 0 Å². The third-order valence-electron chi connectivity index (χ3n) is 5.50. The molecule has 166 valence electrons. The number of aliphatic carboxylic acids is 1. The Bertz CT molecular complexity index is 1490. The number of furan rings is 2. The average molecular weight is 446 g/mol. The minimum Gasteiger partial charge on any atom is -0.488 e. The molecule has 0 saturated carbocycles. The van der Waals surface area contributed by atoms with E-state index in [0.29, 0.717) is 39.0 Å². The Labute approximate surface area is 187 Å². The molecule has 3 heterocycles. The number of rotatable bonds is 7. The molecule has 0 fully saturated rings. The van der Waals surface area contributed by atoms with Gasteiger partial charge in [-0.3, -0.25) is 9.78 Å². The zero-order valence-corrected chi connectivity index (χ0v) is 17.4. The van der Waals surface area contributed by atoms with Gasteiger partial charge >= 0.3 is 5.97 Å². The first-order valence-electron chi connectivity index (χ1n) is 10.2. The molecule has 3 aromatic heterocycles. The van der Waals surface area contributed by atoms with Crippen molar-refractivity contribution in [1.82, 2.24) is 4.98 Å². The van der Waals surface area contributed by atoms with E-state index >= 15 is 4.39 Å². The quantitative estimate of drug-likeness (QED) is 0.360. The Morgan fingerprint density at radius 3 is 2.73 bits per heavy atom. The van der Waals surface area contributed by atoms with Crippen molar-refractivity contribution in [1.29, 1.82) is 0 Å². The number of benzene rings is 2. The molecule has 0 aliphatic carbocycles. The molecule has 0 radical (unpaired) electrons. The lowest BCUT2D eigenvalue weighted by Crippen LogP contribution is -2.04. The van der Waals surface area contributed by atoms with E-state index in [1.807, 2.05) is 0 Å². The molecule has 0 unspecified atom stereocenters. The van der Waals surface area contributed by atoms with Crippen LogP contribution in [0.25, 0.3) is 33.1 Å². The fraction of sp³-hybridized carbons (Fsp3) is 0.120. The first-order chi connectivity index (χ1) is 16.1. The van der Waals surface area contributed by atoms with Crippen molar-refractivity contribution < 1.29 is 27.9 Å². The summed E-state index contributed by atoms with van der Waals surface area (Å²) in [5.41, 5.74) is 9.05. The number of nitrogens with two attached hydrogens (primary N) is 1. The fourth-order valence-electron chi connectivity index (χ4n) is 3.93. The van der Waals surface area contributed by atoms with Gasteiger partial charge in [-0.05, 0) is 24.3 Å². The summed E-state index contributed by atoms with van der Waals surface area (Å²) in [4.78, 5) is 15.2. The second-order valence-corrected chi connectivity index (χ2v) is 7.52. The van der Waals surface area contributed by atoms with Crippen LogP contribution < -0.4 is 10.5 Å². The van der Waals surface area contributed by atoms with E-state index in [-0.39, 0.29) is 25.3 Å². The van der Waals surface area contributed by atoms with Gasteiger partial charge in [-0.2, -0.15) is 0 Å². The van der Waals surface area contributed by atoms with Gasteiger partial charge in [-0.25, -0.2) is 4.39 Å². The molecule has 0 aliphatic rings. The Kier molecular flexibility index (Phi) is 5.27. The Balaban J connectivity index is 1.58. The molecular formula is C25H19FN2O5. The summed E-state index contributed by atoms with van der Waals surface area (Å²) in [7, 11) is 0. The number of carboxylic acids is 1. The van der Waals surface area contributed by atoms with Gasteiger partial charge in [0.2, 0.25) is 0 Å². The molecule has 33 heavy (non-hydrogen) atoms. The highest BCUT2D eigenvalue weighted by Gasteiger charge is 2.20. The van der Waals surface area contributed by atoms with Crippen LogP contribution in [0, 0.1) is 5.82 Å². The number of halogens is 1. The van der Waals surface area contributed by atoms with Gasteiger partial charge in [0.1, 0.15) is 23.5 Å². The number of carboxylic acid groups (broad SMARTS) is 1. The maximum atomic E-state index is 15.1. The molecule has 7 nitrogen and oxygen atoms in total. The second kappa shape index (κ2) is 8.40. The van der Waals surface area contributed by atoms with Crippen LogP contribution in [0.3, 0.4) is 0 Å². The number of ether oxygens (including phenoxy) is 1. The van der Waals surface area contributed by atoms with Crippen LogP contribution in [-0.2, 0) is 24.4 Å². The SMILES string of the molecule is NCc1nccc(-c2cc3c(COc4ccccc4CC(=O)O)coc3c3ccoc23)c1F. The summed E-state index contributed by atoms with van der Waals surface area (Å²) in [6, 6.07) is 12.1. The van der Waals surface area contributed by atoms with E-state index in [2.05, 4.69) is 4.98 Å². The predicted molar refractivity (Wildman–Crippen MR) is 119 cm³/mol. The lowest BCUT2D eigenvalue weighted by Gasteiger charge is -2.10. The van der Waals surface area contributed by atoms with E-state index in [1.54, 1.807) is 48.7 Å². The second-order valence-electron chi connectivity index (χ2n) is 7.52. The highest BCUT2D eigenvalue weighted by molar-refractivity contribution is 6.10. The topological polar surface area (TPSA) is 112 Å². The lowest BCUT2D eigenvalue weighted by atomic mass is 9.99. The average Bonchev–Trinajstić information content (AvgIpc) is 3.45. The summed E-state index contributed by atoms with van der Waals surface area (Å²) < 4.78 is 32.5. The lowest BCUT2D eigenvalue weighted by molar-refractivity contribution is -0.136. The van der Waals surface area contributed by atoms with Gasteiger partial charge in [0.05, 0.1) is 30.0 Å². The monoisotopic (exact) mass is 446 g/mol. The van der Waals surface area contributed by atoms with Crippen molar-refractivity contribution in [2.45, 2.75) is 19.6 Å². The highest BCUT2D eigenvalue weighted by atomic mass is 19.1. The number of para-hydroxylation sites is 1. The third-order valence-corrected chi connectivity index (χ3v) is 5.50. The van der Waals surface area contributed by atoms with Gasteiger partial charge in [0, 0.05) is 40.4 Å². The Morgan fingerprint density at radius 1 is 1.06 bits per heavy atom. The molecule has 5 aromatic rings. The van der Waals surface area contributed by atoms with Crippen molar-refractivity contribution in [3.63, 3.8) is 0 Å². The summed E-state index contributed by atoms with van der Waals surface area (Å²) in [6.07, 6.45) is 4.47. The normalized spacial score (nSPS) is 11.3. The van der Waals surface area contributed by atoms with Crippen LogP contribution in [0.2, 0.25) is 0 Å². The largest absolute Gasteiger partial charge is 0.488 e. The molecule has 8 heteroatoms. The Morgan fingerprint density at radius 2 is 1.91 bits per heavy atom. The molecule has 0 aliphatic heterocycles. The summed E-state index contributed by atoms with van der Waals surface area (Å²) in [6.45, 7) is 0.114. The number of nitrogens with zero attached hydrogens (tertiary/aromatic N) is 1. The zero-order chi connectivity index (χ0) is 22.9. The number of carbonyl (C=O) groups is 1. The maximum absolute atomic E-state index is 15.1. The fourth-order valence-corrected chi connectivity index (χ4v) is 3.93. The van der Waals surface area contributed by atoms with Crippen LogP contribution in [-0.4, -0.2) is 16.1 Å². The number of hydrogen-bond acceptors (Lipinski definition) is 6. The van der Waals surface area contributed by atoms with Crippen molar-refractivity contribution in [2.24, 2.45) is 5.73 Å². The first kappa shape index (κ1) is 20.7. The zero-order valence-electron chi connectivity index (χ0n) is 17.4. The molecule has 5 rings (SSSR count). The number of aromatic nitrogens is 1. The van der Waals surface area contributed by atoms with E-state index in [9.17, 15) is 4.79 Å². The van der Waals surface area contributed by atoms with Crippen molar-refractivity contribution in [3.05, 3.63) is 83.8 Å². The van der Waals surface area contributed by atoms with E-state index in [4.69, 9.17) is 24.4 Å². The van der Waals surface area contributed by atoms with E-state index in [1.165, 1.54) is 12.5 Å².